The fraction of sp³-hybridized carbons (Fsp3) is 0.118. The van der Waals surface area contributed by atoms with Crippen molar-refractivity contribution < 1.29 is 4.79 Å². The van der Waals surface area contributed by atoms with Crippen molar-refractivity contribution in [1.82, 2.24) is 14.9 Å². The van der Waals surface area contributed by atoms with E-state index in [1.54, 1.807) is 24.3 Å². The number of rotatable bonds is 5. The van der Waals surface area contributed by atoms with Gasteiger partial charge in [0.15, 0.2) is 5.82 Å². The Balaban J connectivity index is 1.64. The molecule has 0 aliphatic carbocycles. The molecule has 0 bridgehead atoms. The van der Waals surface area contributed by atoms with Gasteiger partial charge in [-0.05, 0) is 25.1 Å². The molecule has 1 amide bonds. The topological polar surface area (TPSA) is 85.8 Å². The standard InChI is InChI=1S/C17H16ClN5OS/c1-11-5-7-12(8-6-11)16-21-22-17(23(16)19)25-10-15(24)20-14-4-2-3-13(18)9-14/h2-9H,10,19H2,1H3,(H,20,24). The first-order chi connectivity index (χ1) is 12.0. The van der Waals surface area contributed by atoms with Crippen LogP contribution in [0.5, 0.6) is 0 Å². The molecule has 3 rings (SSSR count). The number of hydrogen-bond donors (Lipinski definition) is 2. The number of benzene rings is 2. The molecular weight excluding hydrogens is 358 g/mol. The largest absolute Gasteiger partial charge is 0.335 e. The highest BCUT2D eigenvalue weighted by Gasteiger charge is 2.13. The van der Waals surface area contributed by atoms with Gasteiger partial charge in [0, 0.05) is 16.3 Å². The molecule has 6 nitrogen and oxygen atoms in total. The van der Waals surface area contributed by atoms with E-state index in [9.17, 15) is 4.79 Å². The number of amides is 1. The molecule has 0 spiro atoms. The summed E-state index contributed by atoms with van der Waals surface area (Å²) in [4.78, 5) is 12.0. The molecule has 0 fully saturated rings. The van der Waals surface area contributed by atoms with Gasteiger partial charge in [0.2, 0.25) is 11.1 Å². The first-order valence-corrected chi connectivity index (χ1v) is 8.85. The zero-order valence-electron chi connectivity index (χ0n) is 13.4. The van der Waals surface area contributed by atoms with Gasteiger partial charge in [0.1, 0.15) is 0 Å². The lowest BCUT2D eigenvalue weighted by molar-refractivity contribution is -0.113. The van der Waals surface area contributed by atoms with Crippen LogP contribution in [0.15, 0.2) is 53.7 Å². The molecular formula is C17H16ClN5OS. The maximum Gasteiger partial charge on any atom is 0.234 e. The minimum Gasteiger partial charge on any atom is -0.335 e. The molecule has 3 N–H and O–H groups in total. The summed E-state index contributed by atoms with van der Waals surface area (Å²) in [6.07, 6.45) is 0. The van der Waals surface area contributed by atoms with E-state index in [2.05, 4.69) is 15.5 Å². The third kappa shape index (κ3) is 4.32. The van der Waals surface area contributed by atoms with Crippen LogP contribution in [0.2, 0.25) is 5.02 Å². The maximum absolute atomic E-state index is 12.0. The quantitative estimate of drug-likeness (QED) is 0.529. The zero-order chi connectivity index (χ0) is 17.8. The van der Waals surface area contributed by atoms with E-state index in [-0.39, 0.29) is 11.7 Å². The van der Waals surface area contributed by atoms with E-state index in [0.29, 0.717) is 21.7 Å². The van der Waals surface area contributed by atoms with Crippen LogP contribution in [-0.2, 0) is 4.79 Å². The summed E-state index contributed by atoms with van der Waals surface area (Å²) >= 11 is 7.11. The lowest BCUT2D eigenvalue weighted by atomic mass is 10.1. The van der Waals surface area contributed by atoms with Gasteiger partial charge < -0.3 is 11.2 Å². The summed E-state index contributed by atoms with van der Waals surface area (Å²) in [7, 11) is 0. The lowest BCUT2D eigenvalue weighted by Crippen LogP contribution is -2.16. The third-order valence-electron chi connectivity index (χ3n) is 3.42. The first kappa shape index (κ1) is 17.3. The molecule has 0 aliphatic rings. The molecule has 8 heteroatoms. The molecule has 0 saturated carbocycles. The number of carbonyl (C=O) groups is 1. The Hall–Kier alpha value is -2.51. The molecule has 0 radical (unpaired) electrons. The summed E-state index contributed by atoms with van der Waals surface area (Å²) in [5, 5.41) is 12.0. The Morgan fingerprint density at radius 3 is 2.72 bits per heavy atom. The van der Waals surface area contributed by atoms with Gasteiger partial charge in [0.25, 0.3) is 0 Å². The molecule has 1 aromatic heterocycles. The van der Waals surface area contributed by atoms with Gasteiger partial charge in [-0.15, -0.1) is 10.2 Å². The summed E-state index contributed by atoms with van der Waals surface area (Å²) in [5.74, 6) is 6.60. The molecule has 1 heterocycles. The summed E-state index contributed by atoms with van der Waals surface area (Å²) in [6, 6.07) is 14.8. The Labute approximate surface area is 154 Å². The summed E-state index contributed by atoms with van der Waals surface area (Å²) in [5.41, 5.74) is 2.67. The number of nitrogens with one attached hydrogen (secondary N) is 1. The molecule has 0 aliphatic heterocycles. The van der Waals surface area contributed by atoms with Gasteiger partial charge >= 0.3 is 0 Å². The van der Waals surface area contributed by atoms with E-state index >= 15 is 0 Å². The Kier molecular flexibility index (Phi) is 5.25. The number of aryl methyl sites for hydroxylation is 1. The number of carbonyl (C=O) groups excluding carboxylic acids is 1. The van der Waals surface area contributed by atoms with Crippen LogP contribution in [0, 0.1) is 6.92 Å². The second kappa shape index (κ2) is 7.58. The molecule has 25 heavy (non-hydrogen) atoms. The van der Waals surface area contributed by atoms with Crippen molar-refractivity contribution in [3.63, 3.8) is 0 Å². The van der Waals surface area contributed by atoms with E-state index < -0.39 is 0 Å². The van der Waals surface area contributed by atoms with Crippen molar-refractivity contribution in [2.75, 3.05) is 16.9 Å². The van der Waals surface area contributed by atoms with Gasteiger partial charge in [-0.2, -0.15) is 0 Å². The minimum absolute atomic E-state index is 0.162. The molecule has 0 saturated heterocycles. The lowest BCUT2D eigenvalue weighted by Gasteiger charge is -2.06. The van der Waals surface area contributed by atoms with Crippen molar-refractivity contribution >= 4 is 35.0 Å². The van der Waals surface area contributed by atoms with Crippen LogP contribution in [-0.4, -0.2) is 26.5 Å². The molecule has 3 aromatic rings. The van der Waals surface area contributed by atoms with Crippen LogP contribution in [0.1, 0.15) is 5.56 Å². The van der Waals surface area contributed by atoms with Gasteiger partial charge in [-0.25, -0.2) is 4.68 Å². The predicted molar refractivity (Wildman–Crippen MR) is 101 cm³/mol. The van der Waals surface area contributed by atoms with Crippen LogP contribution < -0.4 is 11.2 Å². The highest BCUT2D eigenvalue weighted by molar-refractivity contribution is 7.99. The van der Waals surface area contributed by atoms with Crippen molar-refractivity contribution in [3.05, 3.63) is 59.1 Å². The van der Waals surface area contributed by atoms with Crippen LogP contribution in [0.25, 0.3) is 11.4 Å². The molecule has 2 aromatic carbocycles. The Morgan fingerprint density at radius 1 is 1.24 bits per heavy atom. The van der Waals surface area contributed by atoms with Crippen molar-refractivity contribution in [2.24, 2.45) is 0 Å². The normalized spacial score (nSPS) is 10.6. The number of nitrogens with two attached hydrogens (primary N) is 1. The fourth-order valence-corrected chi connectivity index (χ4v) is 3.02. The summed E-state index contributed by atoms with van der Waals surface area (Å²) in [6.45, 7) is 2.01. The third-order valence-corrected chi connectivity index (χ3v) is 4.59. The molecule has 0 unspecified atom stereocenters. The average Bonchev–Trinajstić information content (AvgIpc) is 2.94. The van der Waals surface area contributed by atoms with Crippen LogP contribution in [0.3, 0.4) is 0 Å². The monoisotopic (exact) mass is 373 g/mol. The Morgan fingerprint density at radius 2 is 2.00 bits per heavy atom. The zero-order valence-corrected chi connectivity index (χ0v) is 15.0. The average molecular weight is 374 g/mol. The molecule has 0 atom stereocenters. The SMILES string of the molecule is Cc1ccc(-c2nnc(SCC(=O)Nc3cccc(Cl)c3)n2N)cc1. The van der Waals surface area contributed by atoms with E-state index in [1.807, 2.05) is 31.2 Å². The summed E-state index contributed by atoms with van der Waals surface area (Å²) < 4.78 is 1.39. The number of nitrogen functional groups attached to an aromatic ring is 1. The highest BCUT2D eigenvalue weighted by atomic mass is 35.5. The number of nitrogens with zero attached hydrogens (tertiary/aromatic N) is 3. The van der Waals surface area contributed by atoms with Crippen LogP contribution in [0.4, 0.5) is 5.69 Å². The van der Waals surface area contributed by atoms with Gasteiger partial charge in [-0.3, -0.25) is 4.79 Å². The second-order valence-electron chi connectivity index (χ2n) is 5.39. The van der Waals surface area contributed by atoms with Crippen molar-refractivity contribution in [3.8, 4) is 11.4 Å². The van der Waals surface area contributed by atoms with Gasteiger partial charge in [0.05, 0.1) is 5.75 Å². The van der Waals surface area contributed by atoms with E-state index in [1.165, 1.54) is 16.4 Å². The maximum atomic E-state index is 12.0. The number of anilines is 1. The predicted octanol–water partition coefficient (Wildman–Crippen LogP) is 3.35. The molecule has 128 valence electrons. The number of hydrogen-bond acceptors (Lipinski definition) is 5. The number of aromatic nitrogens is 3. The highest BCUT2D eigenvalue weighted by Crippen LogP contribution is 2.22. The van der Waals surface area contributed by atoms with Crippen LogP contribution >= 0.6 is 23.4 Å². The Bertz CT molecular complexity index is 894. The number of halogens is 1. The second-order valence-corrected chi connectivity index (χ2v) is 6.77. The van der Waals surface area contributed by atoms with E-state index in [4.69, 9.17) is 17.4 Å². The fourth-order valence-electron chi connectivity index (χ4n) is 2.17. The van der Waals surface area contributed by atoms with Crippen molar-refractivity contribution in [2.45, 2.75) is 12.1 Å². The first-order valence-electron chi connectivity index (χ1n) is 7.48. The smallest absolute Gasteiger partial charge is 0.234 e. The van der Waals surface area contributed by atoms with Crippen molar-refractivity contribution in [1.29, 1.82) is 0 Å². The number of thioether (sulfide) groups is 1. The van der Waals surface area contributed by atoms with E-state index in [0.717, 1.165) is 11.1 Å². The van der Waals surface area contributed by atoms with Gasteiger partial charge in [-0.1, -0.05) is 59.3 Å². The minimum atomic E-state index is -0.174.